The van der Waals surface area contributed by atoms with E-state index in [-0.39, 0.29) is 12.5 Å². The van der Waals surface area contributed by atoms with Crippen LogP contribution in [-0.4, -0.2) is 48.9 Å². The molecule has 0 radical (unpaired) electrons. The van der Waals surface area contributed by atoms with Crippen LogP contribution in [0.15, 0.2) is 17.5 Å². The lowest BCUT2D eigenvalue weighted by Gasteiger charge is -2.33. The summed E-state index contributed by atoms with van der Waals surface area (Å²) in [5.41, 5.74) is 0. The molecule has 1 fully saturated rings. The molecule has 2 heterocycles. The third-order valence-corrected chi connectivity index (χ3v) is 6.31. The van der Waals surface area contributed by atoms with Crippen LogP contribution in [0.25, 0.3) is 0 Å². The second kappa shape index (κ2) is 6.32. The number of aliphatic hydroxyl groups excluding tert-OH is 1. The summed E-state index contributed by atoms with van der Waals surface area (Å²) in [5, 5.41) is 11.0. The molecule has 19 heavy (non-hydrogen) atoms. The zero-order chi connectivity index (χ0) is 13.9. The van der Waals surface area contributed by atoms with E-state index in [1.807, 2.05) is 17.5 Å². The number of hydrogen-bond acceptors (Lipinski definition) is 4. The number of thiophene rings is 1. The Balaban J connectivity index is 1.98. The number of piperidine rings is 1. The first-order valence-corrected chi connectivity index (χ1v) is 8.66. The fourth-order valence-corrected chi connectivity index (χ4v) is 4.43. The maximum Gasteiger partial charge on any atom is 0.282 e. The Morgan fingerprint density at radius 2 is 2.16 bits per heavy atom. The van der Waals surface area contributed by atoms with Crippen molar-refractivity contribution in [3.05, 3.63) is 22.4 Å². The maximum atomic E-state index is 12.4. The predicted molar refractivity (Wildman–Crippen MR) is 76.1 cm³/mol. The van der Waals surface area contributed by atoms with Gasteiger partial charge >= 0.3 is 0 Å². The first-order chi connectivity index (χ1) is 9.04. The van der Waals surface area contributed by atoms with E-state index in [2.05, 4.69) is 0 Å². The van der Waals surface area contributed by atoms with Gasteiger partial charge < -0.3 is 5.11 Å². The molecule has 1 aliphatic heterocycles. The van der Waals surface area contributed by atoms with Gasteiger partial charge in [0.05, 0.1) is 0 Å². The fourth-order valence-electron chi connectivity index (χ4n) is 2.22. The van der Waals surface area contributed by atoms with E-state index in [4.69, 9.17) is 5.11 Å². The number of hydrogen-bond donors (Lipinski definition) is 1. The lowest BCUT2D eigenvalue weighted by atomic mass is 10.00. The molecule has 0 aromatic carbocycles. The largest absolute Gasteiger partial charge is 0.396 e. The summed E-state index contributed by atoms with van der Waals surface area (Å²) >= 11 is 1.56. The Hall–Kier alpha value is -0.470. The van der Waals surface area contributed by atoms with E-state index in [9.17, 15) is 8.42 Å². The van der Waals surface area contributed by atoms with Crippen molar-refractivity contribution in [3.63, 3.8) is 0 Å². The predicted octanol–water partition coefficient (Wildman–Crippen LogP) is 1.13. The van der Waals surface area contributed by atoms with E-state index >= 15 is 0 Å². The molecule has 7 heteroatoms. The van der Waals surface area contributed by atoms with Crippen LogP contribution in [0.5, 0.6) is 0 Å². The highest BCUT2D eigenvalue weighted by molar-refractivity contribution is 7.86. The highest BCUT2D eigenvalue weighted by Crippen LogP contribution is 2.22. The zero-order valence-corrected chi connectivity index (χ0v) is 12.7. The van der Waals surface area contributed by atoms with Crippen LogP contribution in [0.2, 0.25) is 0 Å². The second-order valence-corrected chi connectivity index (χ2v) is 7.94. The van der Waals surface area contributed by atoms with Crippen LogP contribution in [0.3, 0.4) is 0 Å². The summed E-state index contributed by atoms with van der Waals surface area (Å²) in [6, 6.07) is 3.86. The minimum Gasteiger partial charge on any atom is -0.396 e. The Morgan fingerprint density at radius 1 is 1.47 bits per heavy atom. The molecule has 1 N–H and O–H groups in total. The van der Waals surface area contributed by atoms with Gasteiger partial charge in [-0.25, -0.2) is 0 Å². The molecule has 0 aliphatic carbocycles. The average Bonchev–Trinajstić information content (AvgIpc) is 2.91. The van der Waals surface area contributed by atoms with Gasteiger partial charge in [0.2, 0.25) is 0 Å². The molecule has 0 bridgehead atoms. The fraction of sp³-hybridized carbons (Fsp3) is 0.667. The van der Waals surface area contributed by atoms with Crippen molar-refractivity contribution in [1.29, 1.82) is 0 Å². The Labute approximate surface area is 118 Å². The molecule has 5 nitrogen and oxygen atoms in total. The molecular formula is C12H20N2O3S2. The van der Waals surface area contributed by atoms with Gasteiger partial charge in [-0.15, -0.1) is 11.3 Å². The third kappa shape index (κ3) is 3.55. The van der Waals surface area contributed by atoms with Gasteiger partial charge in [0.25, 0.3) is 10.2 Å². The van der Waals surface area contributed by atoms with Crippen LogP contribution in [-0.2, 0) is 16.8 Å². The van der Waals surface area contributed by atoms with Crippen LogP contribution in [0.1, 0.15) is 17.7 Å². The van der Waals surface area contributed by atoms with Crippen molar-refractivity contribution in [2.45, 2.75) is 19.4 Å². The van der Waals surface area contributed by atoms with E-state index in [0.717, 1.165) is 17.7 Å². The van der Waals surface area contributed by atoms with Crippen LogP contribution >= 0.6 is 11.3 Å². The van der Waals surface area contributed by atoms with Crippen LogP contribution in [0.4, 0.5) is 0 Å². The molecule has 1 aromatic heterocycles. The summed E-state index contributed by atoms with van der Waals surface area (Å²) in [6.07, 6.45) is 1.48. The van der Waals surface area contributed by atoms with E-state index in [1.165, 1.54) is 8.61 Å². The monoisotopic (exact) mass is 304 g/mol. The molecule has 0 amide bonds. The Morgan fingerprint density at radius 3 is 2.68 bits per heavy atom. The second-order valence-electron chi connectivity index (χ2n) is 4.87. The SMILES string of the molecule is CN(Cc1cccs1)S(=O)(=O)N1CCC(CO)CC1. The first kappa shape index (κ1) is 14.9. The third-order valence-electron chi connectivity index (χ3n) is 3.51. The molecule has 0 unspecified atom stereocenters. The quantitative estimate of drug-likeness (QED) is 0.887. The van der Waals surface area contributed by atoms with Crippen molar-refractivity contribution in [2.75, 3.05) is 26.7 Å². The minimum atomic E-state index is -3.38. The topological polar surface area (TPSA) is 60.9 Å². The molecule has 1 aromatic rings. The van der Waals surface area contributed by atoms with E-state index in [0.29, 0.717) is 19.6 Å². The molecule has 2 rings (SSSR count). The van der Waals surface area contributed by atoms with Gasteiger partial charge in [-0.05, 0) is 30.2 Å². The first-order valence-electron chi connectivity index (χ1n) is 6.38. The summed E-state index contributed by atoms with van der Waals surface area (Å²) in [7, 11) is -1.76. The molecule has 0 atom stereocenters. The Bertz CT molecular complexity index is 479. The average molecular weight is 304 g/mol. The lowest BCUT2D eigenvalue weighted by molar-refractivity contribution is 0.166. The minimum absolute atomic E-state index is 0.152. The summed E-state index contributed by atoms with van der Waals surface area (Å²) in [6.45, 7) is 1.57. The standard InChI is InChI=1S/C12H20N2O3S2/c1-13(9-12-3-2-8-18-12)19(16,17)14-6-4-11(10-15)5-7-14/h2-3,8,11,15H,4-7,9-10H2,1H3. The van der Waals surface area contributed by atoms with Gasteiger partial charge in [0, 0.05) is 38.2 Å². The molecule has 0 spiro atoms. The van der Waals surface area contributed by atoms with E-state index in [1.54, 1.807) is 18.4 Å². The number of nitrogens with zero attached hydrogens (tertiary/aromatic N) is 2. The summed E-state index contributed by atoms with van der Waals surface area (Å²) < 4.78 is 27.7. The molecule has 108 valence electrons. The Kier molecular flexibility index (Phi) is 4.97. The highest BCUT2D eigenvalue weighted by atomic mass is 32.2. The van der Waals surface area contributed by atoms with Crippen molar-refractivity contribution in [2.24, 2.45) is 5.92 Å². The molecule has 0 saturated carbocycles. The van der Waals surface area contributed by atoms with Crippen molar-refractivity contribution in [1.82, 2.24) is 8.61 Å². The summed E-state index contributed by atoms with van der Waals surface area (Å²) in [4.78, 5) is 1.04. The zero-order valence-electron chi connectivity index (χ0n) is 11.0. The summed E-state index contributed by atoms with van der Waals surface area (Å²) in [5.74, 6) is 0.244. The van der Waals surface area contributed by atoms with Crippen molar-refractivity contribution in [3.8, 4) is 0 Å². The molecule has 1 aliphatic rings. The maximum absolute atomic E-state index is 12.4. The molecular weight excluding hydrogens is 284 g/mol. The van der Waals surface area contributed by atoms with E-state index < -0.39 is 10.2 Å². The molecule has 1 saturated heterocycles. The number of rotatable bonds is 5. The van der Waals surface area contributed by atoms with Gasteiger partial charge in [-0.3, -0.25) is 0 Å². The van der Waals surface area contributed by atoms with Gasteiger partial charge in [-0.2, -0.15) is 17.0 Å². The smallest absolute Gasteiger partial charge is 0.282 e. The van der Waals surface area contributed by atoms with Gasteiger partial charge in [0.15, 0.2) is 0 Å². The normalized spacial score (nSPS) is 19.1. The van der Waals surface area contributed by atoms with Crippen LogP contribution < -0.4 is 0 Å². The van der Waals surface area contributed by atoms with Crippen molar-refractivity contribution >= 4 is 21.5 Å². The highest BCUT2D eigenvalue weighted by Gasteiger charge is 2.30. The van der Waals surface area contributed by atoms with Crippen molar-refractivity contribution < 1.29 is 13.5 Å². The lowest BCUT2D eigenvalue weighted by Crippen LogP contribution is -2.45. The van der Waals surface area contributed by atoms with Gasteiger partial charge in [0.1, 0.15) is 0 Å². The van der Waals surface area contributed by atoms with Crippen LogP contribution in [0, 0.1) is 5.92 Å². The number of aliphatic hydroxyl groups is 1. The van der Waals surface area contributed by atoms with Gasteiger partial charge in [-0.1, -0.05) is 6.07 Å².